The van der Waals surface area contributed by atoms with Crippen molar-refractivity contribution in [2.75, 3.05) is 11.8 Å². The second kappa shape index (κ2) is 6.41. The van der Waals surface area contributed by atoms with E-state index in [0.717, 1.165) is 0 Å². The summed E-state index contributed by atoms with van der Waals surface area (Å²) in [5.74, 6) is -0.527. The summed E-state index contributed by atoms with van der Waals surface area (Å²) >= 11 is 0. The maximum Gasteiger partial charge on any atom is 0.337 e. The SMILES string of the molecule is CCn1ncc(S(=O)(=O)Nc2cc(C(=O)OC)ccc2C)c1C. The molecule has 1 aromatic heterocycles. The van der Waals surface area contributed by atoms with Gasteiger partial charge in [0.15, 0.2) is 0 Å². The minimum Gasteiger partial charge on any atom is -0.465 e. The van der Waals surface area contributed by atoms with Crippen LogP contribution in [-0.4, -0.2) is 31.3 Å². The molecule has 0 unspecified atom stereocenters. The number of hydrogen-bond donors (Lipinski definition) is 1. The molecule has 1 N–H and O–H groups in total. The predicted octanol–water partition coefficient (Wildman–Crippen LogP) is 2.11. The summed E-state index contributed by atoms with van der Waals surface area (Å²) in [6.45, 7) is 5.91. The van der Waals surface area contributed by atoms with E-state index in [2.05, 4.69) is 14.6 Å². The number of carbonyl (C=O) groups excluding carboxylic acids is 1. The van der Waals surface area contributed by atoms with Crippen molar-refractivity contribution < 1.29 is 17.9 Å². The van der Waals surface area contributed by atoms with Crippen molar-refractivity contribution in [2.45, 2.75) is 32.2 Å². The number of benzene rings is 1. The molecule has 8 heteroatoms. The van der Waals surface area contributed by atoms with E-state index >= 15 is 0 Å². The van der Waals surface area contributed by atoms with Crippen LogP contribution in [-0.2, 0) is 21.3 Å². The fourth-order valence-corrected chi connectivity index (χ4v) is 3.49. The highest BCUT2D eigenvalue weighted by atomic mass is 32.2. The van der Waals surface area contributed by atoms with Crippen molar-refractivity contribution in [2.24, 2.45) is 0 Å². The molecule has 23 heavy (non-hydrogen) atoms. The van der Waals surface area contributed by atoms with Crippen LogP contribution >= 0.6 is 0 Å². The smallest absolute Gasteiger partial charge is 0.337 e. The van der Waals surface area contributed by atoms with Crippen LogP contribution in [0.1, 0.15) is 28.5 Å². The summed E-state index contributed by atoms with van der Waals surface area (Å²) in [6.07, 6.45) is 1.32. The molecule has 124 valence electrons. The van der Waals surface area contributed by atoms with Gasteiger partial charge in [-0.1, -0.05) is 6.07 Å². The van der Waals surface area contributed by atoms with Gasteiger partial charge >= 0.3 is 5.97 Å². The topological polar surface area (TPSA) is 90.3 Å². The molecule has 0 aliphatic rings. The fraction of sp³-hybridized carbons (Fsp3) is 0.333. The number of rotatable bonds is 5. The highest BCUT2D eigenvalue weighted by molar-refractivity contribution is 7.92. The number of methoxy groups -OCH3 is 1. The Hall–Kier alpha value is -2.35. The Balaban J connectivity index is 2.40. The standard InChI is InChI=1S/C15H19N3O4S/c1-5-18-11(3)14(9-16-18)23(20,21)17-13-8-12(15(19)22-4)7-6-10(13)2/h6-9,17H,5H2,1-4H3. The number of aromatic nitrogens is 2. The zero-order chi connectivity index (χ0) is 17.2. The highest BCUT2D eigenvalue weighted by Gasteiger charge is 2.22. The van der Waals surface area contributed by atoms with Gasteiger partial charge in [-0.15, -0.1) is 0 Å². The number of nitrogens with zero attached hydrogens (tertiary/aromatic N) is 2. The van der Waals surface area contributed by atoms with Crippen molar-refractivity contribution in [3.8, 4) is 0 Å². The van der Waals surface area contributed by atoms with Crippen LogP contribution in [0.2, 0.25) is 0 Å². The molecular weight excluding hydrogens is 318 g/mol. The van der Waals surface area contributed by atoms with E-state index in [1.807, 2.05) is 6.92 Å². The predicted molar refractivity (Wildman–Crippen MR) is 86.0 cm³/mol. The maximum absolute atomic E-state index is 12.6. The van der Waals surface area contributed by atoms with Gasteiger partial charge in [0.2, 0.25) is 0 Å². The van der Waals surface area contributed by atoms with E-state index in [9.17, 15) is 13.2 Å². The van der Waals surface area contributed by atoms with Crippen molar-refractivity contribution >= 4 is 21.7 Å². The van der Waals surface area contributed by atoms with Crippen LogP contribution in [0, 0.1) is 13.8 Å². The van der Waals surface area contributed by atoms with Gasteiger partial charge < -0.3 is 4.74 Å². The number of hydrogen-bond acceptors (Lipinski definition) is 5. The Kier molecular flexibility index (Phi) is 4.74. The molecule has 0 aliphatic heterocycles. The van der Waals surface area contributed by atoms with Crippen LogP contribution in [0.3, 0.4) is 0 Å². The van der Waals surface area contributed by atoms with Gasteiger partial charge in [-0.2, -0.15) is 5.10 Å². The van der Waals surface area contributed by atoms with Gasteiger partial charge in [-0.3, -0.25) is 9.40 Å². The largest absolute Gasteiger partial charge is 0.465 e. The number of sulfonamides is 1. The summed E-state index contributed by atoms with van der Waals surface area (Å²) in [7, 11) is -2.52. The number of ether oxygens (including phenoxy) is 1. The number of aryl methyl sites for hydroxylation is 2. The van der Waals surface area contributed by atoms with Gasteiger partial charge in [0.25, 0.3) is 10.0 Å². The summed E-state index contributed by atoms with van der Waals surface area (Å²) < 4.78 is 33.9. The molecule has 0 saturated heterocycles. The van der Waals surface area contributed by atoms with Crippen molar-refractivity contribution in [1.82, 2.24) is 9.78 Å². The summed E-state index contributed by atoms with van der Waals surface area (Å²) in [5, 5.41) is 4.05. The zero-order valence-electron chi connectivity index (χ0n) is 13.5. The van der Waals surface area contributed by atoms with E-state index in [1.165, 1.54) is 19.4 Å². The summed E-state index contributed by atoms with van der Waals surface area (Å²) in [6, 6.07) is 4.70. The van der Waals surface area contributed by atoms with E-state index in [1.54, 1.807) is 30.7 Å². The number of anilines is 1. The number of nitrogens with one attached hydrogen (secondary N) is 1. The molecule has 1 heterocycles. The van der Waals surface area contributed by atoms with Crippen LogP contribution in [0.25, 0.3) is 0 Å². The molecule has 0 fully saturated rings. The van der Waals surface area contributed by atoms with Crippen LogP contribution < -0.4 is 4.72 Å². The van der Waals surface area contributed by atoms with Crippen LogP contribution in [0.15, 0.2) is 29.3 Å². The lowest BCUT2D eigenvalue weighted by molar-refractivity contribution is 0.0601. The number of esters is 1. The monoisotopic (exact) mass is 337 g/mol. The first kappa shape index (κ1) is 17.0. The first-order valence-electron chi connectivity index (χ1n) is 7.04. The first-order valence-corrected chi connectivity index (χ1v) is 8.52. The Bertz CT molecular complexity index is 840. The molecule has 0 bridgehead atoms. The fourth-order valence-electron chi connectivity index (χ4n) is 2.19. The average Bonchev–Trinajstić information content (AvgIpc) is 2.90. The number of carbonyl (C=O) groups is 1. The zero-order valence-corrected chi connectivity index (χ0v) is 14.3. The molecular formula is C15H19N3O4S. The van der Waals surface area contributed by atoms with Crippen molar-refractivity contribution in [1.29, 1.82) is 0 Å². The van der Waals surface area contributed by atoms with Crippen LogP contribution in [0.5, 0.6) is 0 Å². The molecule has 0 aliphatic carbocycles. The third-order valence-corrected chi connectivity index (χ3v) is 5.02. The van der Waals surface area contributed by atoms with Gasteiger partial charge in [-0.25, -0.2) is 13.2 Å². The first-order chi connectivity index (χ1) is 10.8. The van der Waals surface area contributed by atoms with E-state index in [4.69, 9.17) is 0 Å². The van der Waals surface area contributed by atoms with Gasteiger partial charge in [-0.05, 0) is 38.5 Å². The summed E-state index contributed by atoms with van der Waals surface area (Å²) in [4.78, 5) is 11.7. The average molecular weight is 337 g/mol. The van der Waals surface area contributed by atoms with Gasteiger partial charge in [0.05, 0.1) is 30.3 Å². The van der Waals surface area contributed by atoms with Gasteiger partial charge in [0, 0.05) is 6.54 Å². The normalized spacial score (nSPS) is 11.3. The third kappa shape index (κ3) is 3.37. The molecule has 2 aromatic rings. The molecule has 0 atom stereocenters. The lowest BCUT2D eigenvalue weighted by Gasteiger charge is -2.11. The minimum absolute atomic E-state index is 0.113. The Morgan fingerprint density at radius 3 is 2.61 bits per heavy atom. The Morgan fingerprint density at radius 2 is 2.04 bits per heavy atom. The maximum atomic E-state index is 12.6. The molecule has 0 amide bonds. The molecule has 0 spiro atoms. The quantitative estimate of drug-likeness (QED) is 0.844. The highest BCUT2D eigenvalue weighted by Crippen LogP contribution is 2.23. The molecule has 7 nitrogen and oxygen atoms in total. The summed E-state index contributed by atoms with van der Waals surface area (Å²) in [5.41, 5.74) is 1.86. The second-order valence-corrected chi connectivity index (χ2v) is 6.69. The molecule has 0 radical (unpaired) electrons. The lowest BCUT2D eigenvalue weighted by atomic mass is 10.1. The van der Waals surface area contributed by atoms with Crippen molar-refractivity contribution in [3.63, 3.8) is 0 Å². The van der Waals surface area contributed by atoms with E-state index in [-0.39, 0.29) is 10.5 Å². The third-order valence-electron chi connectivity index (χ3n) is 3.55. The molecule has 0 saturated carbocycles. The molecule has 2 rings (SSSR count). The minimum atomic E-state index is -3.79. The Labute approximate surface area is 135 Å². The van der Waals surface area contributed by atoms with Crippen LogP contribution in [0.4, 0.5) is 5.69 Å². The van der Waals surface area contributed by atoms with E-state index < -0.39 is 16.0 Å². The molecule has 1 aromatic carbocycles. The van der Waals surface area contributed by atoms with Gasteiger partial charge in [0.1, 0.15) is 4.90 Å². The van der Waals surface area contributed by atoms with Crippen molar-refractivity contribution in [3.05, 3.63) is 41.2 Å². The Morgan fingerprint density at radius 1 is 1.35 bits per heavy atom. The second-order valence-electron chi connectivity index (χ2n) is 5.04. The van der Waals surface area contributed by atoms with E-state index in [0.29, 0.717) is 23.5 Å². The lowest BCUT2D eigenvalue weighted by Crippen LogP contribution is -2.15.